The van der Waals surface area contributed by atoms with E-state index < -0.39 is 5.60 Å². The lowest BCUT2D eigenvalue weighted by molar-refractivity contribution is -0.151. The first-order valence-electron chi connectivity index (χ1n) is 10.7. The Kier molecular flexibility index (Phi) is 6.26. The van der Waals surface area contributed by atoms with Gasteiger partial charge in [0, 0.05) is 23.8 Å². The fourth-order valence-electron chi connectivity index (χ4n) is 4.41. The fraction of sp³-hybridized carbons (Fsp3) is 0.417. The number of nitrogens with zero attached hydrogens (tertiary/aromatic N) is 3. The van der Waals surface area contributed by atoms with Crippen molar-refractivity contribution in [3.05, 3.63) is 52.9 Å². The first kappa shape index (κ1) is 22.4. The third kappa shape index (κ3) is 4.66. The van der Waals surface area contributed by atoms with Gasteiger partial charge in [0.2, 0.25) is 5.95 Å². The van der Waals surface area contributed by atoms with Gasteiger partial charge >= 0.3 is 5.97 Å². The second-order valence-electron chi connectivity index (χ2n) is 8.65. The molecule has 3 aromatic rings. The smallest absolute Gasteiger partial charge is 0.308 e. The fourth-order valence-corrected chi connectivity index (χ4v) is 5.44. The number of hydrogen-bond donors (Lipinski definition) is 2. The zero-order chi connectivity index (χ0) is 22.9. The van der Waals surface area contributed by atoms with E-state index >= 15 is 0 Å². The van der Waals surface area contributed by atoms with Crippen molar-refractivity contribution in [3.63, 3.8) is 0 Å². The number of aliphatic hydroxyl groups is 1. The van der Waals surface area contributed by atoms with Crippen LogP contribution in [-0.2, 0) is 15.1 Å². The minimum absolute atomic E-state index is 0.0256. The number of anilines is 2. The van der Waals surface area contributed by atoms with E-state index in [0.717, 1.165) is 27.4 Å². The molecule has 0 aliphatic heterocycles. The van der Waals surface area contributed by atoms with Crippen molar-refractivity contribution >= 4 is 28.9 Å². The van der Waals surface area contributed by atoms with Crippen LogP contribution in [0.25, 0.3) is 10.4 Å². The Morgan fingerprint density at radius 2 is 2.09 bits per heavy atom. The lowest BCUT2D eigenvalue weighted by atomic mass is 9.72. The molecule has 8 heteroatoms. The molecule has 0 amide bonds. The van der Waals surface area contributed by atoms with Crippen LogP contribution in [0.15, 0.2) is 36.7 Å². The topological polar surface area (TPSA) is 97.2 Å². The van der Waals surface area contributed by atoms with Gasteiger partial charge in [0.1, 0.15) is 10.6 Å². The highest BCUT2D eigenvalue weighted by Gasteiger charge is 2.43. The Labute approximate surface area is 191 Å². The van der Waals surface area contributed by atoms with Gasteiger partial charge in [-0.25, -0.2) is 15.0 Å². The van der Waals surface area contributed by atoms with E-state index in [1.807, 2.05) is 45.2 Å². The van der Waals surface area contributed by atoms with E-state index in [9.17, 15) is 9.90 Å². The van der Waals surface area contributed by atoms with E-state index in [4.69, 9.17) is 4.74 Å². The van der Waals surface area contributed by atoms with Crippen LogP contribution in [0.3, 0.4) is 0 Å². The number of rotatable bonds is 5. The van der Waals surface area contributed by atoms with Gasteiger partial charge in [-0.3, -0.25) is 4.79 Å². The number of esters is 1. The van der Waals surface area contributed by atoms with E-state index in [-0.39, 0.29) is 17.8 Å². The van der Waals surface area contributed by atoms with Crippen molar-refractivity contribution < 1.29 is 14.6 Å². The summed E-state index contributed by atoms with van der Waals surface area (Å²) in [5.41, 5.74) is 2.88. The zero-order valence-electron chi connectivity index (χ0n) is 18.8. The Morgan fingerprint density at radius 1 is 1.28 bits per heavy atom. The quantitative estimate of drug-likeness (QED) is 0.539. The molecule has 1 saturated carbocycles. The largest absolute Gasteiger partial charge is 0.469 e. The van der Waals surface area contributed by atoms with Gasteiger partial charge in [-0.05, 0) is 68.4 Å². The molecule has 7 nitrogen and oxygen atoms in total. The third-order valence-corrected chi connectivity index (χ3v) is 7.28. The Morgan fingerprint density at radius 3 is 2.81 bits per heavy atom. The minimum Gasteiger partial charge on any atom is -0.469 e. The summed E-state index contributed by atoms with van der Waals surface area (Å²) in [6.45, 7) is 5.96. The molecule has 0 saturated heterocycles. The summed E-state index contributed by atoms with van der Waals surface area (Å²) in [7, 11) is 1.42. The molecule has 0 radical (unpaired) electrons. The van der Waals surface area contributed by atoms with Crippen LogP contribution in [0, 0.1) is 25.7 Å². The number of nitrogens with one attached hydrogen (secondary N) is 1. The monoisotopic (exact) mass is 452 g/mol. The van der Waals surface area contributed by atoms with Gasteiger partial charge in [-0.15, -0.1) is 11.3 Å². The number of carbonyl (C=O) groups is 1. The lowest BCUT2D eigenvalue weighted by Gasteiger charge is -2.37. The normalized spacial score (nSPS) is 23.0. The number of aromatic nitrogens is 3. The van der Waals surface area contributed by atoms with Crippen molar-refractivity contribution in [3.8, 4) is 10.4 Å². The van der Waals surface area contributed by atoms with Crippen LogP contribution >= 0.6 is 11.3 Å². The van der Waals surface area contributed by atoms with Gasteiger partial charge in [0.05, 0.1) is 17.9 Å². The predicted molar refractivity (Wildman–Crippen MR) is 125 cm³/mol. The molecule has 32 heavy (non-hydrogen) atoms. The maximum absolute atomic E-state index is 12.0. The summed E-state index contributed by atoms with van der Waals surface area (Å²) in [5, 5.41) is 15.3. The SMILES string of the molecule is COC(=O)[C@@H]1CC[C@@](O)(c2ncc(-c3cc(C)cc(Nc4nccc(C)n4)c3)s2)C[C@H]1C. The number of thiazole rings is 1. The highest BCUT2D eigenvalue weighted by Crippen LogP contribution is 2.45. The molecule has 0 bridgehead atoms. The first-order valence-corrected chi connectivity index (χ1v) is 11.5. The summed E-state index contributed by atoms with van der Waals surface area (Å²) < 4.78 is 4.92. The summed E-state index contributed by atoms with van der Waals surface area (Å²) >= 11 is 1.50. The molecule has 1 fully saturated rings. The van der Waals surface area contributed by atoms with Crippen LogP contribution in [0.1, 0.15) is 42.5 Å². The van der Waals surface area contributed by atoms with E-state index in [2.05, 4.69) is 26.3 Å². The van der Waals surface area contributed by atoms with Crippen LogP contribution in [0.2, 0.25) is 0 Å². The number of methoxy groups -OCH3 is 1. The molecule has 1 aliphatic carbocycles. The Balaban J connectivity index is 1.56. The number of benzene rings is 1. The maximum atomic E-state index is 12.0. The van der Waals surface area contributed by atoms with E-state index in [1.165, 1.54) is 18.4 Å². The standard InChI is InChI=1S/C24H28N4O3S/c1-14-9-17(11-18(10-14)28-23-25-8-6-16(3)27-23)20-13-26-22(32-20)24(30)7-5-19(15(2)12-24)21(29)31-4/h6,8-11,13,15,19,30H,5,7,12H2,1-4H3,(H,25,27,28)/t15-,19-,24+/m1/s1. The molecule has 0 unspecified atom stereocenters. The number of ether oxygens (including phenoxy) is 1. The number of aryl methyl sites for hydroxylation is 2. The van der Waals surface area contributed by atoms with Crippen molar-refractivity contribution in [1.29, 1.82) is 0 Å². The van der Waals surface area contributed by atoms with Crippen molar-refractivity contribution in [1.82, 2.24) is 15.0 Å². The summed E-state index contributed by atoms with van der Waals surface area (Å²) in [6.07, 6.45) is 5.12. The minimum atomic E-state index is -1.02. The van der Waals surface area contributed by atoms with Crippen LogP contribution in [0.4, 0.5) is 11.6 Å². The van der Waals surface area contributed by atoms with E-state index in [1.54, 1.807) is 6.20 Å². The van der Waals surface area contributed by atoms with Gasteiger partial charge in [0.15, 0.2) is 0 Å². The van der Waals surface area contributed by atoms with Gasteiger partial charge in [-0.2, -0.15) is 0 Å². The van der Waals surface area contributed by atoms with Gasteiger partial charge in [0.25, 0.3) is 0 Å². The maximum Gasteiger partial charge on any atom is 0.308 e. The molecular weight excluding hydrogens is 424 g/mol. The van der Waals surface area contributed by atoms with E-state index in [0.29, 0.717) is 30.2 Å². The van der Waals surface area contributed by atoms with Gasteiger partial charge in [-0.1, -0.05) is 13.0 Å². The lowest BCUT2D eigenvalue weighted by Crippen LogP contribution is -2.39. The van der Waals surface area contributed by atoms with Crippen molar-refractivity contribution in [2.75, 3.05) is 12.4 Å². The molecule has 2 heterocycles. The Hall–Kier alpha value is -2.84. The molecule has 168 valence electrons. The van der Waals surface area contributed by atoms with Crippen molar-refractivity contribution in [2.45, 2.75) is 45.6 Å². The van der Waals surface area contributed by atoms with Crippen LogP contribution < -0.4 is 5.32 Å². The van der Waals surface area contributed by atoms with Crippen LogP contribution in [-0.4, -0.2) is 33.1 Å². The molecule has 1 aromatic carbocycles. The molecule has 1 aliphatic rings. The molecular formula is C24H28N4O3S. The first-order chi connectivity index (χ1) is 15.3. The predicted octanol–water partition coefficient (Wildman–Crippen LogP) is 4.76. The molecule has 2 N–H and O–H groups in total. The molecule has 4 rings (SSSR count). The average molecular weight is 453 g/mol. The summed E-state index contributed by atoms with van der Waals surface area (Å²) in [6, 6.07) is 8.04. The number of hydrogen-bond acceptors (Lipinski definition) is 8. The molecule has 2 aromatic heterocycles. The molecule has 3 atom stereocenters. The second-order valence-corrected chi connectivity index (χ2v) is 9.68. The zero-order valence-corrected chi connectivity index (χ0v) is 19.6. The summed E-state index contributed by atoms with van der Waals surface area (Å²) in [5.74, 6) is 0.209. The third-order valence-electron chi connectivity index (χ3n) is 6.04. The second kappa shape index (κ2) is 8.96. The summed E-state index contributed by atoms with van der Waals surface area (Å²) in [4.78, 5) is 26.2. The molecule has 0 spiro atoms. The Bertz CT molecular complexity index is 1130. The van der Waals surface area contributed by atoms with Gasteiger partial charge < -0.3 is 15.2 Å². The highest BCUT2D eigenvalue weighted by atomic mass is 32.1. The number of carbonyl (C=O) groups excluding carboxylic acids is 1. The van der Waals surface area contributed by atoms with Crippen LogP contribution in [0.5, 0.6) is 0 Å². The average Bonchev–Trinajstić information content (AvgIpc) is 3.24. The van der Waals surface area contributed by atoms with Crippen molar-refractivity contribution in [2.24, 2.45) is 11.8 Å². The highest BCUT2D eigenvalue weighted by molar-refractivity contribution is 7.15.